The summed E-state index contributed by atoms with van der Waals surface area (Å²) in [5.74, 6) is 0. The molecular formula is C14H22N2O. The van der Waals surface area contributed by atoms with Crippen LogP contribution in [0.1, 0.15) is 24.8 Å². The molecule has 1 aliphatic rings. The number of hydrogen-bond donors (Lipinski definition) is 2. The van der Waals surface area contributed by atoms with Gasteiger partial charge in [0.1, 0.15) is 0 Å². The van der Waals surface area contributed by atoms with Crippen LogP contribution >= 0.6 is 0 Å². The second-order valence-corrected chi connectivity index (χ2v) is 4.81. The van der Waals surface area contributed by atoms with Crippen molar-refractivity contribution >= 4 is 0 Å². The van der Waals surface area contributed by atoms with Gasteiger partial charge in [-0.2, -0.15) is 0 Å². The summed E-state index contributed by atoms with van der Waals surface area (Å²) in [4.78, 5) is 0. The molecule has 0 aliphatic heterocycles. The van der Waals surface area contributed by atoms with E-state index in [1.165, 1.54) is 5.56 Å². The maximum absolute atomic E-state index is 6.08. The molecule has 3 heteroatoms. The molecule has 2 rings (SSSR count). The van der Waals surface area contributed by atoms with Crippen molar-refractivity contribution in [2.24, 2.45) is 5.73 Å². The fourth-order valence-electron chi connectivity index (χ4n) is 2.51. The van der Waals surface area contributed by atoms with Crippen LogP contribution in [0, 0.1) is 0 Å². The Morgan fingerprint density at radius 2 is 2.06 bits per heavy atom. The number of ether oxygens (including phenoxy) is 1. The van der Waals surface area contributed by atoms with Gasteiger partial charge in [-0.3, -0.25) is 0 Å². The summed E-state index contributed by atoms with van der Waals surface area (Å²) in [7, 11) is 1.75. The zero-order chi connectivity index (χ0) is 12.1. The van der Waals surface area contributed by atoms with E-state index >= 15 is 0 Å². The van der Waals surface area contributed by atoms with Gasteiger partial charge in [0.05, 0.1) is 6.10 Å². The second-order valence-electron chi connectivity index (χ2n) is 4.81. The van der Waals surface area contributed by atoms with Gasteiger partial charge >= 0.3 is 0 Å². The highest BCUT2D eigenvalue weighted by atomic mass is 16.5. The molecule has 0 saturated heterocycles. The molecule has 0 unspecified atom stereocenters. The molecule has 1 aromatic rings. The molecule has 1 aromatic carbocycles. The molecule has 1 saturated carbocycles. The van der Waals surface area contributed by atoms with Crippen LogP contribution in [0.2, 0.25) is 0 Å². The number of rotatable bonds is 4. The van der Waals surface area contributed by atoms with Crippen molar-refractivity contribution in [1.29, 1.82) is 0 Å². The van der Waals surface area contributed by atoms with E-state index in [2.05, 4.69) is 29.6 Å². The highest BCUT2D eigenvalue weighted by Gasteiger charge is 2.27. The van der Waals surface area contributed by atoms with Crippen LogP contribution in [0.25, 0.3) is 0 Å². The monoisotopic (exact) mass is 234 g/mol. The van der Waals surface area contributed by atoms with Crippen LogP contribution in [-0.4, -0.2) is 25.3 Å². The zero-order valence-electron chi connectivity index (χ0n) is 10.4. The predicted octanol–water partition coefficient (Wildman–Crippen LogP) is 1.67. The van der Waals surface area contributed by atoms with Crippen molar-refractivity contribution in [3.8, 4) is 0 Å². The Kier molecular flexibility index (Phi) is 4.54. The Morgan fingerprint density at radius 1 is 1.29 bits per heavy atom. The Labute approximate surface area is 103 Å². The molecule has 1 fully saturated rings. The van der Waals surface area contributed by atoms with Gasteiger partial charge < -0.3 is 15.8 Å². The fraction of sp³-hybridized carbons (Fsp3) is 0.571. The fourth-order valence-corrected chi connectivity index (χ4v) is 2.51. The van der Waals surface area contributed by atoms with E-state index in [0.29, 0.717) is 6.04 Å². The SMILES string of the molecule is CO[C@H]1CC[C@@H](NCc2ccccc2)C[C@@H]1N. The summed E-state index contributed by atoms with van der Waals surface area (Å²) in [5, 5.41) is 3.58. The molecule has 3 atom stereocenters. The minimum atomic E-state index is 0.169. The number of nitrogens with two attached hydrogens (primary N) is 1. The van der Waals surface area contributed by atoms with Crippen molar-refractivity contribution in [3.63, 3.8) is 0 Å². The minimum absolute atomic E-state index is 0.169. The van der Waals surface area contributed by atoms with Crippen LogP contribution in [0.4, 0.5) is 0 Å². The molecule has 0 aromatic heterocycles. The van der Waals surface area contributed by atoms with Gasteiger partial charge in [-0.1, -0.05) is 30.3 Å². The molecule has 0 bridgehead atoms. The quantitative estimate of drug-likeness (QED) is 0.833. The van der Waals surface area contributed by atoms with E-state index in [9.17, 15) is 0 Å². The smallest absolute Gasteiger partial charge is 0.0723 e. The molecule has 0 heterocycles. The van der Waals surface area contributed by atoms with Gasteiger partial charge in [0.2, 0.25) is 0 Å². The first-order valence-corrected chi connectivity index (χ1v) is 6.35. The number of benzene rings is 1. The van der Waals surface area contributed by atoms with Gasteiger partial charge in [0.15, 0.2) is 0 Å². The average Bonchev–Trinajstić information content (AvgIpc) is 2.38. The normalized spacial score (nSPS) is 29.2. The Hall–Kier alpha value is -0.900. The van der Waals surface area contributed by atoms with Crippen LogP contribution < -0.4 is 11.1 Å². The van der Waals surface area contributed by atoms with Crippen molar-refractivity contribution in [1.82, 2.24) is 5.32 Å². The molecule has 1 aliphatic carbocycles. The lowest BCUT2D eigenvalue weighted by atomic mass is 9.89. The van der Waals surface area contributed by atoms with Gasteiger partial charge in [-0.25, -0.2) is 0 Å². The average molecular weight is 234 g/mol. The minimum Gasteiger partial charge on any atom is -0.380 e. The second kappa shape index (κ2) is 6.15. The highest BCUT2D eigenvalue weighted by molar-refractivity contribution is 5.14. The Bertz CT molecular complexity index is 328. The summed E-state index contributed by atoms with van der Waals surface area (Å²) in [6.07, 6.45) is 3.46. The lowest BCUT2D eigenvalue weighted by Crippen LogP contribution is -2.47. The lowest BCUT2D eigenvalue weighted by molar-refractivity contribution is 0.0457. The van der Waals surface area contributed by atoms with Crippen molar-refractivity contribution in [3.05, 3.63) is 35.9 Å². The van der Waals surface area contributed by atoms with Gasteiger partial charge in [-0.15, -0.1) is 0 Å². The maximum atomic E-state index is 6.08. The van der Waals surface area contributed by atoms with E-state index in [1.807, 2.05) is 6.07 Å². The van der Waals surface area contributed by atoms with E-state index in [0.717, 1.165) is 25.8 Å². The van der Waals surface area contributed by atoms with E-state index in [-0.39, 0.29) is 12.1 Å². The standard InChI is InChI=1S/C14H22N2O/c1-17-14-8-7-12(9-13(14)15)16-10-11-5-3-2-4-6-11/h2-6,12-14,16H,7-10,15H2,1H3/t12-,13+,14+/m1/s1. The zero-order valence-corrected chi connectivity index (χ0v) is 10.4. The van der Waals surface area contributed by atoms with Crippen LogP contribution in [0.15, 0.2) is 30.3 Å². The molecule has 3 nitrogen and oxygen atoms in total. The lowest BCUT2D eigenvalue weighted by Gasteiger charge is -2.33. The first-order valence-electron chi connectivity index (χ1n) is 6.35. The molecular weight excluding hydrogens is 212 g/mol. The largest absolute Gasteiger partial charge is 0.380 e. The van der Waals surface area contributed by atoms with Gasteiger partial charge in [0, 0.05) is 25.7 Å². The van der Waals surface area contributed by atoms with Gasteiger partial charge in [0.25, 0.3) is 0 Å². The van der Waals surface area contributed by atoms with Gasteiger partial charge in [-0.05, 0) is 24.8 Å². The molecule has 3 N–H and O–H groups in total. The topological polar surface area (TPSA) is 47.3 Å². The van der Waals surface area contributed by atoms with Crippen LogP contribution in [0.3, 0.4) is 0 Å². The Morgan fingerprint density at radius 3 is 2.71 bits per heavy atom. The predicted molar refractivity (Wildman–Crippen MR) is 69.7 cm³/mol. The Balaban J connectivity index is 1.78. The molecule has 0 amide bonds. The number of nitrogens with one attached hydrogen (secondary N) is 1. The third-order valence-corrected chi connectivity index (χ3v) is 3.57. The third-order valence-electron chi connectivity index (χ3n) is 3.57. The summed E-state index contributed by atoms with van der Waals surface area (Å²) in [6, 6.07) is 11.2. The van der Waals surface area contributed by atoms with Crippen molar-refractivity contribution < 1.29 is 4.74 Å². The number of methoxy groups -OCH3 is 1. The first-order chi connectivity index (χ1) is 8.29. The van der Waals surface area contributed by atoms with E-state index in [4.69, 9.17) is 10.5 Å². The van der Waals surface area contributed by atoms with Crippen LogP contribution in [0.5, 0.6) is 0 Å². The van der Waals surface area contributed by atoms with Crippen molar-refractivity contribution in [2.75, 3.05) is 7.11 Å². The van der Waals surface area contributed by atoms with E-state index < -0.39 is 0 Å². The van der Waals surface area contributed by atoms with Crippen molar-refractivity contribution in [2.45, 2.75) is 44.0 Å². The third kappa shape index (κ3) is 3.53. The first kappa shape index (κ1) is 12.6. The highest BCUT2D eigenvalue weighted by Crippen LogP contribution is 2.20. The molecule has 0 radical (unpaired) electrons. The molecule has 17 heavy (non-hydrogen) atoms. The maximum Gasteiger partial charge on any atom is 0.0723 e. The summed E-state index contributed by atoms with van der Waals surface area (Å²) in [5.41, 5.74) is 7.41. The van der Waals surface area contributed by atoms with E-state index in [1.54, 1.807) is 7.11 Å². The van der Waals surface area contributed by atoms with Crippen LogP contribution in [-0.2, 0) is 11.3 Å². The number of hydrogen-bond acceptors (Lipinski definition) is 3. The molecule has 94 valence electrons. The summed E-state index contributed by atoms with van der Waals surface area (Å²) >= 11 is 0. The summed E-state index contributed by atoms with van der Waals surface area (Å²) in [6.45, 7) is 0.926. The summed E-state index contributed by atoms with van der Waals surface area (Å²) < 4.78 is 5.36. The molecule has 0 spiro atoms.